The summed E-state index contributed by atoms with van der Waals surface area (Å²) in [5.41, 5.74) is 0.964. The lowest BCUT2D eigenvalue weighted by atomic mass is 10.2. The number of hydrogen-bond acceptors (Lipinski definition) is 3. The van der Waals surface area contributed by atoms with Gasteiger partial charge in [0.15, 0.2) is 0 Å². The van der Waals surface area contributed by atoms with Crippen LogP contribution in [0, 0.1) is 0 Å². The lowest BCUT2D eigenvalue weighted by molar-refractivity contribution is -0.137. The molecule has 4 nitrogen and oxygen atoms in total. The van der Waals surface area contributed by atoms with Gasteiger partial charge < -0.3 is 10.4 Å². The van der Waals surface area contributed by atoms with Crippen LogP contribution in [0.15, 0.2) is 22.9 Å². The molecule has 0 aliphatic carbocycles. The third-order valence-electron chi connectivity index (χ3n) is 1.84. The van der Waals surface area contributed by atoms with Gasteiger partial charge in [-0.05, 0) is 35.4 Å². The minimum absolute atomic E-state index is 0.0714. The molecule has 1 amide bonds. The number of thiophene rings is 1. The Morgan fingerprint density at radius 1 is 1.62 bits per heavy atom. The molecule has 0 spiro atoms. The first kappa shape index (κ1) is 12.4. The predicted molar refractivity (Wildman–Crippen MR) is 63.2 cm³/mol. The van der Waals surface area contributed by atoms with Gasteiger partial charge in [0.05, 0.1) is 6.42 Å². The van der Waals surface area contributed by atoms with E-state index in [1.165, 1.54) is 6.08 Å². The molecule has 1 atom stereocenters. The molecule has 0 aliphatic heterocycles. The summed E-state index contributed by atoms with van der Waals surface area (Å²) in [6.45, 7) is 1.66. The van der Waals surface area contributed by atoms with Crippen LogP contribution in [0.25, 0.3) is 6.08 Å². The maximum atomic E-state index is 11.3. The van der Waals surface area contributed by atoms with Gasteiger partial charge in [0.1, 0.15) is 0 Å². The SMILES string of the molecule is CC(CC(=O)O)NC(=O)/C=C/c1ccsc1. The van der Waals surface area contributed by atoms with E-state index in [-0.39, 0.29) is 18.4 Å². The van der Waals surface area contributed by atoms with E-state index in [1.54, 1.807) is 24.3 Å². The Morgan fingerprint density at radius 2 is 2.38 bits per heavy atom. The molecule has 1 unspecified atom stereocenters. The van der Waals surface area contributed by atoms with Crippen molar-refractivity contribution < 1.29 is 14.7 Å². The summed E-state index contributed by atoms with van der Waals surface area (Å²) in [7, 11) is 0. The van der Waals surface area contributed by atoms with Crippen molar-refractivity contribution in [3.63, 3.8) is 0 Å². The molecule has 86 valence electrons. The standard InChI is InChI=1S/C11H13NO3S/c1-8(6-11(14)15)12-10(13)3-2-9-4-5-16-7-9/h2-5,7-8H,6H2,1H3,(H,12,13)(H,14,15)/b3-2+. The van der Waals surface area contributed by atoms with Gasteiger partial charge in [0.2, 0.25) is 5.91 Å². The van der Waals surface area contributed by atoms with Crippen molar-refractivity contribution in [2.24, 2.45) is 0 Å². The van der Waals surface area contributed by atoms with Gasteiger partial charge in [-0.1, -0.05) is 0 Å². The monoisotopic (exact) mass is 239 g/mol. The number of carbonyl (C=O) groups excluding carboxylic acids is 1. The van der Waals surface area contributed by atoms with Crippen LogP contribution in [0.3, 0.4) is 0 Å². The van der Waals surface area contributed by atoms with Crippen molar-refractivity contribution in [3.05, 3.63) is 28.5 Å². The molecule has 0 bridgehead atoms. The Hall–Kier alpha value is -1.62. The summed E-state index contributed by atoms with van der Waals surface area (Å²) in [5, 5.41) is 14.9. The highest BCUT2D eigenvalue weighted by Crippen LogP contribution is 2.07. The molecule has 0 saturated heterocycles. The Morgan fingerprint density at radius 3 is 2.94 bits per heavy atom. The van der Waals surface area contributed by atoms with E-state index in [9.17, 15) is 9.59 Å². The van der Waals surface area contributed by atoms with Gasteiger partial charge in [0, 0.05) is 12.1 Å². The fourth-order valence-corrected chi connectivity index (χ4v) is 1.77. The maximum Gasteiger partial charge on any atom is 0.305 e. The Kier molecular flexibility index (Phi) is 4.72. The van der Waals surface area contributed by atoms with Crippen LogP contribution in [-0.2, 0) is 9.59 Å². The molecule has 1 aromatic rings. The van der Waals surface area contributed by atoms with Crippen LogP contribution in [0.5, 0.6) is 0 Å². The molecule has 1 heterocycles. The summed E-state index contributed by atoms with van der Waals surface area (Å²) in [6, 6.07) is 1.53. The molecule has 5 heteroatoms. The fraction of sp³-hybridized carbons (Fsp3) is 0.273. The predicted octanol–water partition coefficient (Wildman–Crippen LogP) is 1.74. The highest BCUT2D eigenvalue weighted by molar-refractivity contribution is 7.08. The molecule has 0 fully saturated rings. The molecule has 2 N–H and O–H groups in total. The molecule has 1 aromatic heterocycles. The third-order valence-corrected chi connectivity index (χ3v) is 2.54. The number of carboxylic acids is 1. The Balaban J connectivity index is 2.38. The second-order valence-electron chi connectivity index (χ2n) is 3.40. The van der Waals surface area contributed by atoms with E-state index in [0.717, 1.165) is 5.56 Å². The summed E-state index contributed by atoms with van der Waals surface area (Å²) in [4.78, 5) is 21.7. The van der Waals surface area contributed by atoms with E-state index >= 15 is 0 Å². The van der Waals surface area contributed by atoms with Crippen molar-refractivity contribution >= 4 is 29.3 Å². The Bertz CT molecular complexity index is 384. The second kappa shape index (κ2) is 6.07. The minimum Gasteiger partial charge on any atom is -0.481 e. The average Bonchev–Trinajstić information content (AvgIpc) is 2.65. The lowest BCUT2D eigenvalue weighted by Crippen LogP contribution is -2.32. The van der Waals surface area contributed by atoms with E-state index in [4.69, 9.17) is 5.11 Å². The van der Waals surface area contributed by atoms with E-state index < -0.39 is 5.97 Å². The van der Waals surface area contributed by atoms with Gasteiger partial charge in [-0.25, -0.2) is 0 Å². The summed E-state index contributed by atoms with van der Waals surface area (Å²) >= 11 is 1.55. The van der Waals surface area contributed by atoms with Crippen LogP contribution < -0.4 is 5.32 Å². The van der Waals surface area contributed by atoms with Gasteiger partial charge >= 0.3 is 5.97 Å². The van der Waals surface area contributed by atoms with Crippen molar-refractivity contribution in [2.75, 3.05) is 0 Å². The first-order chi connectivity index (χ1) is 7.58. The maximum absolute atomic E-state index is 11.3. The minimum atomic E-state index is -0.922. The number of hydrogen-bond donors (Lipinski definition) is 2. The van der Waals surface area contributed by atoms with Crippen LogP contribution in [0.4, 0.5) is 0 Å². The molecule has 0 radical (unpaired) electrons. The summed E-state index contributed by atoms with van der Waals surface area (Å²) in [5.74, 6) is -1.20. The van der Waals surface area contributed by atoms with Gasteiger partial charge in [0.25, 0.3) is 0 Å². The lowest BCUT2D eigenvalue weighted by Gasteiger charge is -2.08. The summed E-state index contributed by atoms with van der Waals surface area (Å²) < 4.78 is 0. The zero-order valence-electron chi connectivity index (χ0n) is 8.84. The molecule has 0 saturated carbocycles. The zero-order valence-corrected chi connectivity index (χ0v) is 9.66. The third kappa shape index (κ3) is 4.75. The fourth-order valence-electron chi connectivity index (χ4n) is 1.15. The van der Waals surface area contributed by atoms with Gasteiger partial charge in [-0.3, -0.25) is 9.59 Å². The van der Waals surface area contributed by atoms with Gasteiger partial charge in [-0.15, -0.1) is 0 Å². The smallest absolute Gasteiger partial charge is 0.305 e. The summed E-state index contributed by atoms with van der Waals surface area (Å²) in [6.07, 6.45) is 3.03. The molecule has 0 aromatic carbocycles. The first-order valence-electron chi connectivity index (χ1n) is 4.80. The van der Waals surface area contributed by atoms with Crippen LogP contribution >= 0.6 is 11.3 Å². The highest BCUT2D eigenvalue weighted by atomic mass is 32.1. The molecular formula is C11H13NO3S. The first-order valence-corrected chi connectivity index (χ1v) is 5.75. The van der Waals surface area contributed by atoms with Gasteiger partial charge in [-0.2, -0.15) is 11.3 Å². The number of rotatable bonds is 5. The van der Waals surface area contributed by atoms with Crippen molar-refractivity contribution in [3.8, 4) is 0 Å². The van der Waals surface area contributed by atoms with Crippen LogP contribution in [-0.4, -0.2) is 23.0 Å². The normalized spacial score (nSPS) is 12.6. The average molecular weight is 239 g/mol. The molecule has 0 aliphatic rings. The number of nitrogens with one attached hydrogen (secondary N) is 1. The van der Waals surface area contributed by atoms with Crippen molar-refractivity contribution in [1.29, 1.82) is 0 Å². The van der Waals surface area contributed by atoms with Crippen LogP contribution in [0.1, 0.15) is 18.9 Å². The zero-order chi connectivity index (χ0) is 12.0. The van der Waals surface area contributed by atoms with Crippen molar-refractivity contribution in [1.82, 2.24) is 5.32 Å². The molecule has 16 heavy (non-hydrogen) atoms. The number of aliphatic carboxylic acids is 1. The number of amides is 1. The topological polar surface area (TPSA) is 66.4 Å². The Labute approximate surface area is 97.6 Å². The molecular weight excluding hydrogens is 226 g/mol. The van der Waals surface area contributed by atoms with Crippen LogP contribution in [0.2, 0.25) is 0 Å². The van der Waals surface area contributed by atoms with E-state index in [0.29, 0.717) is 0 Å². The quantitative estimate of drug-likeness (QED) is 0.769. The van der Waals surface area contributed by atoms with Crippen molar-refractivity contribution in [2.45, 2.75) is 19.4 Å². The second-order valence-corrected chi connectivity index (χ2v) is 4.18. The van der Waals surface area contributed by atoms with E-state index in [2.05, 4.69) is 5.32 Å². The highest BCUT2D eigenvalue weighted by Gasteiger charge is 2.08. The van der Waals surface area contributed by atoms with E-state index in [1.807, 2.05) is 16.8 Å². The largest absolute Gasteiger partial charge is 0.481 e. The number of carboxylic acid groups (broad SMARTS) is 1. The number of carbonyl (C=O) groups is 2. The molecule has 1 rings (SSSR count).